The fourth-order valence-corrected chi connectivity index (χ4v) is 0.918. The zero-order valence-corrected chi connectivity index (χ0v) is 6.77. The SMILES string of the molecule is CCC(O)CCn1cccn1. The summed E-state index contributed by atoms with van der Waals surface area (Å²) in [7, 11) is 0. The molecule has 0 aliphatic rings. The van der Waals surface area contributed by atoms with Crippen LogP contribution < -0.4 is 0 Å². The fraction of sp³-hybridized carbons (Fsp3) is 0.625. The maximum absolute atomic E-state index is 9.22. The third kappa shape index (κ3) is 2.72. The van der Waals surface area contributed by atoms with Crippen LogP contribution in [0.1, 0.15) is 19.8 Å². The summed E-state index contributed by atoms with van der Waals surface area (Å²) in [5.74, 6) is 0. The summed E-state index contributed by atoms with van der Waals surface area (Å²) < 4.78 is 1.83. The highest BCUT2D eigenvalue weighted by molar-refractivity contribution is 4.77. The van der Waals surface area contributed by atoms with Crippen LogP contribution in [0.25, 0.3) is 0 Å². The molecule has 1 aromatic heterocycles. The summed E-state index contributed by atoms with van der Waals surface area (Å²) in [4.78, 5) is 0. The van der Waals surface area contributed by atoms with E-state index in [1.54, 1.807) is 6.20 Å². The van der Waals surface area contributed by atoms with Gasteiger partial charge in [-0.3, -0.25) is 4.68 Å². The summed E-state index contributed by atoms with van der Waals surface area (Å²) in [5.41, 5.74) is 0. The molecule has 3 nitrogen and oxygen atoms in total. The normalized spacial score (nSPS) is 13.3. The lowest BCUT2D eigenvalue weighted by Gasteiger charge is -2.06. The molecule has 1 rings (SSSR count). The van der Waals surface area contributed by atoms with Crippen LogP contribution in [0.15, 0.2) is 18.5 Å². The second-order valence-corrected chi connectivity index (χ2v) is 2.62. The van der Waals surface area contributed by atoms with Crippen LogP contribution in [0.5, 0.6) is 0 Å². The summed E-state index contributed by atoms with van der Waals surface area (Å²) in [6, 6.07) is 1.89. The predicted molar refractivity (Wildman–Crippen MR) is 43.1 cm³/mol. The van der Waals surface area contributed by atoms with Crippen molar-refractivity contribution in [3.63, 3.8) is 0 Å². The highest BCUT2D eigenvalue weighted by Gasteiger charge is 1.99. The molecular weight excluding hydrogens is 140 g/mol. The third-order valence-corrected chi connectivity index (χ3v) is 1.72. The van der Waals surface area contributed by atoms with Crippen LogP contribution in [0.4, 0.5) is 0 Å². The summed E-state index contributed by atoms with van der Waals surface area (Å²) in [6.07, 6.45) is 5.08. The van der Waals surface area contributed by atoms with E-state index in [9.17, 15) is 5.11 Å². The Morgan fingerprint density at radius 3 is 3.00 bits per heavy atom. The highest BCUT2D eigenvalue weighted by Crippen LogP contribution is 1.98. The minimum atomic E-state index is -0.181. The van der Waals surface area contributed by atoms with Crippen LogP contribution in [-0.4, -0.2) is 21.0 Å². The smallest absolute Gasteiger partial charge is 0.0555 e. The van der Waals surface area contributed by atoms with Gasteiger partial charge in [0.15, 0.2) is 0 Å². The molecule has 3 heteroatoms. The molecule has 1 N–H and O–H groups in total. The molecule has 0 aliphatic carbocycles. The molecule has 0 aliphatic heterocycles. The van der Waals surface area contributed by atoms with Crippen LogP contribution in [0, 0.1) is 0 Å². The van der Waals surface area contributed by atoms with Gasteiger partial charge in [-0.25, -0.2) is 0 Å². The van der Waals surface area contributed by atoms with E-state index in [1.165, 1.54) is 0 Å². The van der Waals surface area contributed by atoms with Gasteiger partial charge < -0.3 is 5.11 Å². The molecule has 0 radical (unpaired) electrons. The lowest BCUT2D eigenvalue weighted by atomic mass is 10.2. The molecular formula is C8H14N2O. The molecule has 1 unspecified atom stereocenters. The van der Waals surface area contributed by atoms with Gasteiger partial charge in [0, 0.05) is 18.9 Å². The van der Waals surface area contributed by atoms with Crippen LogP contribution in [0.2, 0.25) is 0 Å². The standard InChI is InChI=1S/C8H14N2O/c1-2-8(11)4-7-10-6-3-5-9-10/h3,5-6,8,11H,2,4,7H2,1H3. The molecule has 1 atom stereocenters. The second kappa shape index (κ2) is 4.13. The Bertz CT molecular complexity index is 184. The van der Waals surface area contributed by atoms with E-state index in [4.69, 9.17) is 0 Å². The number of hydrogen-bond acceptors (Lipinski definition) is 2. The van der Waals surface area contributed by atoms with Gasteiger partial charge in [0.2, 0.25) is 0 Å². The first-order valence-corrected chi connectivity index (χ1v) is 3.98. The molecule has 11 heavy (non-hydrogen) atoms. The number of aliphatic hydroxyl groups excluding tert-OH is 1. The van der Waals surface area contributed by atoms with Gasteiger partial charge in [-0.15, -0.1) is 0 Å². The maximum Gasteiger partial charge on any atom is 0.0555 e. The first kappa shape index (κ1) is 8.27. The minimum absolute atomic E-state index is 0.181. The Balaban J connectivity index is 2.23. The van der Waals surface area contributed by atoms with Gasteiger partial charge in [-0.2, -0.15) is 5.10 Å². The number of rotatable bonds is 4. The summed E-state index contributed by atoms with van der Waals surface area (Å²) >= 11 is 0. The van der Waals surface area contributed by atoms with Gasteiger partial charge in [-0.05, 0) is 18.9 Å². The largest absolute Gasteiger partial charge is 0.393 e. The molecule has 0 aromatic carbocycles. The number of aryl methyl sites for hydroxylation is 1. The monoisotopic (exact) mass is 154 g/mol. The van der Waals surface area contributed by atoms with E-state index in [0.29, 0.717) is 0 Å². The lowest BCUT2D eigenvalue weighted by molar-refractivity contribution is 0.153. The fourth-order valence-electron chi connectivity index (χ4n) is 0.918. The molecule has 0 saturated carbocycles. The molecule has 0 saturated heterocycles. The Hall–Kier alpha value is -0.830. The van der Waals surface area contributed by atoms with E-state index >= 15 is 0 Å². The lowest BCUT2D eigenvalue weighted by Crippen LogP contribution is -2.09. The van der Waals surface area contributed by atoms with Gasteiger partial charge in [0.25, 0.3) is 0 Å². The van der Waals surface area contributed by atoms with Gasteiger partial charge in [0.1, 0.15) is 0 Å². The molecule has 62 valence electrons. The maximum atomic E-state index is 9.22. The van der Waals surface area contributed by atoms with Crippen molar-refractivity contribution in [2.45, 2.75) is 32.4 Å². The average Bonchev–Trinajstić information content (AvgIpc) is 2.52. The van der Waals surface area contributed by atoms with Crippen LogP contribution >= 0.6 is 0 Å². The summed E-state index contributed by atoms with van der Waals surface area (Å²) in [5, 5.41) is 13.2. The highest BCUT2D eigenvalue weighted by atomic mass is 16.3. The Morgan fingerprint density at radius 1 is 1.64 bits per heavy atom. The second-order valence-electron chi connectivity index (χ2n) is 2.62. The topological polar surface area (TPSA) is 38.0 Å². The quantitative estimate of drug-likeness (QED) is 0.703. The Kier molecular flexibility index (Phi) is 3.11. The third-order valence-electron chi connectivity index (χ3n) is 1.72. The minimum Gasteiger partial charge on any atom is -0.393 e. The van der Waals surface area contributed by atoms with Gasteiger partial charge >= 0.3 is 0 Å². The zero-order chi connectivity index (χ0) is 8.10. The number of aliphatic hydroxyl groups is 1. The van der Waals surface area contributed by atoms with E-state index in [2.05, 4.69) is 5.10 Å². The number of hydrogen-bond donors (Lipinski definition) is 1. The van der Waals surface area contributed by atoms with Crippen molar-refractivity contribution in [1.29, 1.82) is 0 Å². The molecule has 0 amide bonds. The average molecular weight is 154 g/mol. The first-order valence-electron chi connectivity index (χ1n) is 3.98. The number of aromatic nitrogens is 2. The number of nitrogens with zero attached hydrogens (tertiary/aromatic N) is 2. The molecule has 0 fully saturated rings. The van der Waals surface area contributed by atoms with Crippen LogP contribution in [0.3, 0.4) is 0 Å². The van der Waals surface area contributed by atoms with Crippen molar-refractivity contribution in [3.05, 3.63) is 18.5 Å². The van der Waals surface area contributed by atoms with Crippen molar-refractivity contribution in [2.75, 3.05) is 0 Å². The Labute approximate surface area is 66.7 Å². The molecule has 1 aromatic rings. The van der Waals surface area contributed by atoms with Gasteiger partial charge in [0.05, 0.1) is 6.10 Å². The first-order chi connectivity index (χ1) is 5.33. The van der Waals surface area contributed by atoms with Crippen molar-refractivity contribution in [2.24, 2.45) is 0 Å². The van der Waals surface area contributed by atoms with Crippen molar-refractivity contribution in [1.82, 2.24) is 9.78 Å². The van der Waals surface area contributed by atoms with E-state index < -0.39 is 0 Å². The van der Waals surface area contributed by atoms with Crippen molar-refractivity contribution >= 4 is 0 Å². The predicted octanol–water partition coefficient (Wildman–Crippen LogP) is 1.04. The van der Waals surface area contributed by atoms with Crippen LogP contribution in [-0.2, 0) is 6.54 Å². The molecule has 1 heterocycles. The van der Waals surface area contributed by atoms with Crippen molar-refractivity contribution < 1.29 is 5.11 Å². The Morgan fingerprint density at radius 2 is 2.45 bits per heavy atom. The van der Waals surface area contributed by atoms with Crippen molar-refractivity contribution in [3.8, 4) is 0 Å². The van der Waals surface area contributed by atoms with Gasteiger partial charge in [-0.1, -0.05) is 6.92 Å². The summed E-state index contributed by atoms with van der Waals surface area (Å²) in [6.45, 7) is 2.79. The molecule has 0 spiro atoms. The zero-order valence-electron chi connectivity index (χ0n) is 6.77. The molecule has 0 bridgehead atoms. The van der Waals surface area contributed by atoms with E-state index in [0.717, 1.165) is 19.4 Å². The van der Waals surface area contributed by atoms with E-state index in [-0.39, 0.29) is 6.10 Å². The van der Waals surface area contributed by atoms with E-state index in [1.807, 2.05) is 23.9 Å².